The standard InChI is InChI=1S/C21H40O4/c1-5-7-9-10-11-12-13-14-16-18-25-20(23)21(3,4)19(22)24-17-15-8-6-2/h5-18H2,1-4H3. The fourth-order valence-electron chi connectivity index (χ4n) is 2.54. The smallest absolute Gasteiger partial charge is 0.322 e. The third kappa shape index (κ3) is 12.0. The molecule has 0 atom stereocenters. The van der Waals surface area contributed by atoms with E-state index in [1.165, 1.54) is 44.9 Å². The van der Waals surface area contributed by atoms with Crippen molar-refractivity contribution in [1.82, 2.24) is 0 Å². The Morgan fingerprint density at radius 1 is 0.600 bits per heavy atom. The third-order valence-electron chi connectivity index (χ3n) is 4.48. The van der Waals surface area contributed by atoms with Crippen LogP contribution < -0.4 is 0 Å². The van der Waals surface area contributed by atoms with Gasteiger partial charge in [-0.2, -0.15) is 0 Å². The molecule has 0 aromatic heterocycles. The summed E-state index contributed by atoms with van der Waals surface area (Å²) in [5.74, 6) is -0.965. The largest absolute Gasteiger partial charge is 0.465 e. The van der Waals surface area contributed by atoms with E-state index < -0.39 is 17.4 Å². The van der Waals surface area contributed by atoms with Crippen molar-refractivity contribution < 1.29 is 19.1 Å². The van der Waals surface area contributed by atoms with Crippen LogP contribution in [0.15, 0.2) is 0 Å². The summed E-state index contributed by atoms with van der Waals surface area (Å²) in [5, 5.41) is 0. The van der Waals surface area contributed by atoms with Crippen molar-refractivity contribution in [2.24, 2.45) is 5.41 Å². The Hall–Kier alpha value is -1.06. The summed E-state index contributed by atoms with van der Waals surface area (Å²) in [7, 11) is 0. The molecule has 0 bridgehead atoms. The summed E-state index contributed by atoms with van der Waals surface area (Å²) in [6, 6.07) is 0. The summed E-state index contributed by atoms with van der Waals surface area (Å²) in [4.78, 5) is 24.1. The minimum absolute atomic E-state index is 0.377. The molecular formula is C21H40O4. The first-order valence-corrected chi connectivity index (χ1v) is 10.3. The molecule has 0 rings (SSSR count). The molecule has 4 nitrogen and oxygen atoms in total. The van der Waals surface area contributed by atoms with Crippen molar-refractivity contribution in [2.75, 3.05) is 13.2 Å². The van der Waals surface area contributed by atoms with Gasteiger partial charge in [0, 0.05) is 0 Å². The number of carbonyl (C=O) groups excluding carboxylic acids is 2. The van der Waals surface area contributed by atoms with E-state index >= 15 is 0 Å². The summed E-state index contributed by atoms with van der Waals surface area (Å²) < 4.78 is 10.5. The molecule has 4 heteroatoms. The number of unbranched alkanes of at least 4 members (excludes halogenated alkanes) is 10. The van der Waals surface area contributed by atoms with E-state index in [2.05, 4.69) is 13.8 Å². The second-order valence-electron chi connectivity index (χ2n) is 7.43. The van der Waals surface area contributed by atoms with E-state index in [1.807, 2.05) is 0 Å². The molecule has 0 saturated carbocycles. The molecule has 0 heterocycles. The minimum atomic E-state index is -1.22. The number of rotatable bonds is 16. The first-order chi connectivity index (χ1) is 12.0. The van der Waals surface area contributed by atoms with Crippen LogP contribution in [0.1, 0.15) is 105 Å². The van der Waals surface area contributed by atoms with Crippen LogP contribution in [0.3, 0.4) is 0 Å². The van der Waals surface area contributed by atoms with E-state index in [0.717, 1.165) is 32.1 Å². The fourth-order valence-corrected chi connectivity index (χ4v) is 2.54. The summed E-state index contributed by atoms with van der Waals surface area (Å²) >= 11 is 0. The maximum absolute atomic E-state index is 12.1. The Morgan fingerprint density at radius 2 is 0.920 bits per heavy atom. The summed E-state index contributed by atoms with van der Waals surface area (Å²) in [5.41, 5.74) is -1.22. The van der Waals surface area contributed by atoms with Crippen LogP contribution in [0, 0.1) is 5.41 Å². The predicted octanol–water partition coefficient (Wildman–Crippen LogP) is 5.82. The summed E-state index contributed by atoms with van der Waals surface area (Å²) in [6.07, 6.45) is 13.9. The van der Waals surface area contributed by atoms with Gasteiger partial charge in [0.2, 0.25) is 0 Å². The molecule has 25 heavy (non-hydrogen) atoms. The Morgan fingerprint density at radius 3 is 1.36 bits per heavy atom. The van der Waals surface area contributed by atoms with Gasteiger partial charge < -0.3 is 9.47 Å². The molecule has 0 fully saturated rings. The zero-order valence-corrected chi connectivity index (χ0v) is 17.0. The van der Waals surface area contributed by atoms with E-state index in [1.54, 1.807) is 13.8 Å². The second-order valence-corrected chi connectivity index (χ2v) is 7.43. The van der Waals surface area contributed by atoms with Gasteiger partial charge in [0.1, 0.15) is 0 Å². The Labute approximate surface area is 155 Å². The van der Waals surface area contributed by atoms with Crippen LogP contribution in [0.2, 0.25) is 0 Å². The highest BCUT2D eigenvalue weighted by Gasteiger charge is 2.39. The number of hydrogen-bond acceptors (Lipinski definition) is 4. The van der Waals surface area contributed by atoms with Crippen molar-refractivity contribution in [3.8, 4) is 0 Å². The third-order valence-corrected chi connectivity index (χ3v) is 4.48. The van der Waals surface area contributed by atoms with Crippen LogP contribution in [-0.2, 0) is 19.1 Å². The average molecular weight is 357 g/mol. The van der Waals surface area contributed by atoms with Crippen LogP contribution in [0.5, 0.6) is 0 Å². The molecular weight excluding hydrogens is 316 g/mol. The first-order valence-electron chi connectivity index (χ1n) is 10.3. The molecule has 0 amide bonds. The topological polar surface area (TPSA) is 52.6 Å². The lowest BCUT2D eigenvalue weighted by molar-refractivity contribution is -0.169. The summed E-state index contributed by atoms with van der Waals surface area (Å²) in [6.45, 7) is 8.24. The molecule has 0 aliphatic heterocycles. The van der Waals surface area contributed by atoms with Gasteiger partial charge in [-0.1, -0.05) is 78.1 Å². The highest BCUT2D eigenvalue weighted by molar-refractivity contribution is 5.99. The molecule has 0 aromatic carbocycles. The molecule has 0 radical (unpaired) electrons. The first kappa shape index (κ1) is 23.9. The van der Waals surface area contributed by atoms with Crippen molar-refractivity contribution in [1.29, 1.82) is 0 Å². The average Bonchev–Trinajstić information content (AvgIpc) is 2.59. The Kier molecular flexibility index (Phi) is 14.6. The molecule has 0 spiro atoms. The molecule has 148 valence electrons. The van der Waals surface area contributed by atoms with Crippen LogP contribution in [0.4, 0.5) is 0 Å². The quantitative estimate of drug-likeness (QED) is 0.199. The van der Waals surface area contributed by atoms with Gasteiger partial charge in [-0.25, -0.2) is 0 Å². The van der Waals surface area contributed by atoms with Gasteiger partial charge in [-0.15, -0.1) is 0 Å². The molecule has 0 aliphatic rings. The Bertz CT molecular complexity index is 350. The molecule has 0 unspecified atom stereocenters. The monoisotopic (exact) mass is 356 g/mol. The van der Waals surface area contributed by atoms with E-state index in [9.17, 15) is 9.59 Å². The van der Waals surface area contributed by atoms with Crippen LogP contribution in [0.25, 0.3) is 0 Å². The lowest BCUT2D eigenvalue weighted by atomic mass is 9.94. The van der Waals surface area contributed by atoms with Crippen LogP contribution >= 0.6 is 0 Å². The fraction of sp³-hybridized carbons (Fsp3) is 0.905. The van der Waals surface area contributed by atoms with Crippen LogP contribution in [-0.4, -0.2) is 25.2 Å². The van der Waals surface area contributed by atoms with Crippen molar-refractivity contribution in [3.05, 3.63) is 0 Å². The Balaban J connectivity index is 3.73. The molecule has 0 saturated heterocycles. The molecule has 0 aliphatic carbocycles. The van der Waals surface area contributed by atoms with Gasteiger partial charge in [-0.05, 0) is 26.7 Å². The van der Waals surface area contributed by atoms with Crippen molar-refractivity contribution in [3.63, 3.8) is 0 Å². The highest BCUT2D eigenvalue weighted by Crippen LogP contribution is 2.20. The SMILES string of the molecule is CCCCCCCCCCCOC(=O)C(C)(C)C(=O)OCCCCC. The van der Waals surface area contributed by atoms with Crippen molar-refractivity contribution in [2.45, 2.75) is 105 Å². The van der Waals surface area contributed by atoms with Gasteiger partial charge in [-0.3, -0.25) is 9.59 Å². The number of ether oxygens (including phenoxy) is 2. The van der Waals surface area contributed by atoms with Gasteiger partial charge in [0.15, 0.2) is 5.41 Å². The lowest BCUT2D eigenvalue weighted by Crippen LogP contribution is -2.37. The normalized spacial score (nSPS) is 11.4. The van der Waals surface area contributed by atoms with E-state index in [-0.39, 0.29) is 0 Å². The van der Waals surface area contributed by atoms with Gasteiger partial charge >= 0.3 is 11.9 Å². The number of esters is 2. The maximum Gasteiger partial charge on any atom is 0.322 e. The minimum Gasteiger partial charge on any atom is -0.465 e. The second kappa shape index (κ2) is 15.2. The van der Waals surface area contributed by atoms with E-state index in [0.29, 0.717) is 13.2 Å². The zero-order valence-electron chi connectivity index (χ0n) is 17.0. The van der Waals surface area contributed by atoms with Gasteiger partial charge in [0.25, 0.3) is 0 Å². The number of carbonyl (C=O) groups is 2. The maximum atomic E-state index is 12.1. The molecule has 0 N–H and O–H groups in total. The zero-order chi connectivity index (χ0) is 19.0. The van der Waals surface area contributed by atoms with E-state index in [4.69, 9.17) is 9.47 Å². The number of hydrogen-bond donors (Lipinski definition) is 0. The highest BCUT2D eigenvalue weighted by atomic mass is 16.6. The lowest BCUT2D eigenvalue weighted by Gasteiger charge is -2.20. The van der Waals surface area contributed by atoms with Gasteiger partial charge in [0.05, 0.1) is 13.2 Å². The predicted molar refractivity (Wildman–Crippen MR) is 102 cm³/mol. The van der Waals surface area contributed by atoms with Crippen molar-refractivity contribution >= 4 is 11.9 Å². The molecule has 0 aromatic rings.